The standard InChI is InChI=1S/C22H19F5N4O3/c23-19(24)14-9-16-12(10-31(30-16)13-6-4-11(5-7-13)21(33)34)8-17(14)29-20(32)15-2-1-3-18(28-15)22(25,26)27/h1-3,8-11,13,19H,4-7H2,(H,29,32)(H,33,34)/t11-,13-. The van der Waals surface area contributed by atoms with Crippen LogP contribution < -0.4 is 5.32 Å². The summed E-state index contributed by atoms with van der Waals surface area (Å²) >= 11 is 0. The van der Waals surface area contributed by atoms with Gasteiger partial charge in [0, 0.05) is 17.1 Å². The van der Waals surface area contributed by atoms with Gasteiger partial charge in [0.15, 0.2) is 0 Å². The number of hydrogen-bond acceptors (Lipinski definition) is 4. The number of fused-ring (bicyclic) bond motifs is 1. The summed E-state index contributed by atoms with van der Waals surface area (Å²) in [5.74, 6) is -2.33. The first-order valence-corrected chi connectivity index (χ1v) is 10.4. The van der Waals surface area contributed by atoms with E-state index in [9.17, 15) is 31.5 Å². The van der Waals surface area contributed by atoms with E-state index < -0.39 is 47.3 Å². The van der Waals surface area contributed by atoms with Gasteiger partial charge in [0.2, 0.25) is 0 Å². The van der Waals surface area contributed by atoms with E-state index >= 15 is 0 Å². The van der Waals surface area contributed by atoms with Crippen LogP contribution in [0.15, 0.2) is 36.5 Å². The van der Waals surface area contributed by atoms with Crippen LogP contribution in [0, 0.1) is 5.92 Å². The van der Waals surface area contributed by atoms with Crippen LogP contribution in [0.3, 0.4) is 0 Å². The largest absolute Gasteiger partial charge is 0.481 e. The lowest BCUT2D eigenvalue weighted by molar-refractivity contribution is -0.143. The van der Waals surface area contributed by atoms with Crippen LogP contribution in [0.25, 0.3) is 10.9 Å². The van der Waals surface area contributed by atoms with E-state index in [-0.39, 0.29) is 17.2 Å². The molecule has 0 bridgehead atoms. The second-order valence-electron chi connectivity index (χ2n) is 8.11. The number of carboxylic acid groups (broad SMARTS) is 1. The maximum atomic E-state index is 13.7. The van der Waals surface area contributed by atoms with Crippen LogP contribution in [0.2, 0.25) is 0 Å². The Hall–Kier alpha value is -3.57. The quantitative estimate of drug-likeness (QED) is 0.471. The number of amides is 1. The molecule has 0 unspecified atom stereocenters. The summed E-state index contributed by atoms with van der Waals surface area (Å²) in [6.07, 6.45) is -4.04. The van der Waals surface area contributed by atoms with Gasteiger partial charge >= 0.3 is 12.1 Å². The number of aromatic nitrogens is 3. The molecule has 3 aromatic rings. The number of nitrogens with one attached hydrogen (secondary N) is 1. The first kappa shape index (κ1) is 23.6. The topological polar surface area (TPSA) is 97.1 Å². The average molecular weight is 482 g/mol. The minimum atomic E-state index is -4.76. The summed E-state index contributed by atoms with van der Waals surface area (Å²) in [5.41, 5.74) is -2.39. The number of carbonyl (C=O) groups is 2. The smallest absolute Gasteiger partial charge is 0.433 e. The fourth-order valence-corrected chi connectivity index (χ4v) is 4.08. The molecule has 0 radical (unpaired) electrons. The molecule has 180 valence electrons. The van der Waals surface area contributed by atoms with Crippen molar-refractivity contribution in [2.45, 2.75) is 44.3 Å². The Morgan fingerprint density at radius 1 is 1.12 bits per heavy atom. The van der Waals surface area contributed by atoms with Crippen LogP contribution in [0.5, 0.6) is 0 Å². The maximum absolute atomic E-state index is 13.7. The molecule has 2 aromatic heterocycles. The van der Waals surface area contributed by atoms with E-state index in [1.165, 1.54) is 6.07 Å². The van der Waals surface area contributed by atoms with E-state index in [1.54, 1.807) is 10.9 Å². The van der Waals surface area contributed by atoms with Gasteiger partial charge in [0.25, 0.3) is 12.3 Å². The number of aliphatic carboxylic acids is 1. The molecule has 2 heterocycles. The molecule has 4 rings (SSSR count). The third kappa shape index (κ3) is 4.85. The van der Waals surface area contributed by atoms with Crippen molar-refractivity contribution in [2.24, 2.45) is 5.92 Å². The lowest BCUT2D eigenvalue weighted by Crippen LogP contribution is -2.23. The minimum absolute atomic E-state index is 0.0923. The van der Waals surface area contributed by atoms with Gasteiger partial charge < -0.3 is 10.4 Å². The maximum Gasteiger partial charge on any atom is 0.433 e. The van der Waals surface area contributed by atoms with Gasteiger partial charge in [-0.05, 0) is 49.9 Å². The lowest BCUT2D eigenvalue weighted by atomic mass is 9.86. The Bertz CT molecular complexity index is 1230. The summed E-state index contributed by atoms with van der Waals surface area (Å²) in [4.78, 5) is 26.9. The number of anilines is 1. The van der Waals surface area contributed by atoms with Crippen molar-refractivity contribution in [3.05, 3.63) is 53.5 Å². The highest BCUT2D eigenvalue weighted by atomic mass is 19.4. The van der Waals surface area contributed by atoms with E-state index in [0.717, 1.165) is 18.2 Å². The highest BCUT2D eigenvalue weighted by molar-refractivity contribution is 6.04. The number of carbonyl (C=O) groups excluding carboxylic acids is 1. The Morgan fingerprint density at radius 2 is 1.82 bits per heavy atom. The average Bonchev–Trinajstić information content (AvgIpc) is 3.21. The van der Waals surface area contributed by atoms with Gasteiger partial charge in [-0.1, -0.05) is 6.07 Å². The SMILES string of the molecule is O=C(Nc1cc2cn([C@H]3CC[C@H](C(=O)O)CC3)nc2cc1C(F)F)c1cccc(C(F)(F)F)n1. The second-order valence-corrected chi connectivity index (χ2v) is 8.11. The number of rotatable bonds is 5. The van der Waals surface area contributed by atoms with Crippen LogP contribution >= 0.6 is 0 Å². The van der Waals surface area contributed by atoms with Crippen LogP contribution in [0.1, 0.15) is 59.9 Å². The van der Waals surface area contributed by atoms with Crippen molar-refractivity contribution < 1.29 is 36.6 Å². The first-order chi connectivity index (χ1) is 16.0. The molecule has 1 aliphatic rings. The van der Waals surface area contributed by atoms with Gasteiger partial charge in [-0.3, -0.25) is 14.3 Å². The van der Waals surface area contributed by atoms with Gasteiger partial charge in [0.05, 0.1) is 23.2 Å². The molecule has 1 saturated carbocycles. The van der Waals surface area contributed by atoms with Crippen molar-refractivity contribution in [3.8, 4) is 0 Å². The van der Waals surface area contributed by atoms with E-state index in [0.29, 0.717) is 37.1 Å². The second kappa shape index (κ2) is 8.99. The van der Waals surface area contributed by atoms with Crippen LogP contribution in [0.4, 0.5) is 27.6 Å². The monoisotopic (exact) mass is 482 g/mol. The Morgan fingerprint density at radius 3 is 2.44 bits per heavy atom. The molecule has 2 N–H and O–H groups in total. The van der Waals surface area contributed by atoms with Crippen molar-refractivity contribution in [3.63, 3.8) is 0 Å². The number of halogens is 5. The fourth-order valence-electron chi connectivity index (χ4n) is 4.08. The Balaban J connectivity index is 1.61. The highest BCUT2D eigenvalue weighted by Gasteiger charge is 2.33. The normalized spacial score (nSPS) is 18.9. The molecule has 1 fully saturated rings. The minimum Gasteiger partial charge on any atom is -0.481 e. The summed E-state index contributed by atoms with van der Waals surface area (Å²) < 4.78 is 67.7. The molecular formula is C22H19F5N4O3. The zero-order chi connectivity index (χ0) is 24.6. The predicted octanol–water partition coefficient (Wildman–Crippen LogP) is 5.46. The highest BCUT2D eigenvalue weighted by Crippen LogP contribution is 2.35. The van der Waals surface area contributed by atoms with Crippen LogP contribution in [-0.2, 0) is 11.0 Å². The molecule has 7 nitrogen and oxygen atoms in total. The summed E-state index contributed by atoms with van der Waals surface area (Å²) in [6.45, 7) is 0. The Labute approximate surface area is 189 Å². The number of pyridine rings is 1. The first-order valence-electron chi connectivity index (χ1n) is 10.4. The molecule has 0 saturated heterocycles. The molecule has 0 spiro atoms. The summed E-state index contributed by atoms with van der Waals surface area (Å²) in [5, 5.41) is 16.2. The van der Waals surface area contributed by atoms with Crippen molar-refractivity contribution in [1.29, 1.82) is 0 Å². The Kier molecular flexibility index (Phi) is 6.24. The third-order valence-corrected chi connectivity index (χ3v) is 5.87. The molecule has 1 aromatic carbocycles. The number of alkyl halides is 5. The number of benzene rings is 1. The van der Waals surface area contributed by atoms with Crippen LogP contribution in [-0.4, -0.2) is 31.7 Å². The van der Waals surface area contributed by atoms with Crippen molar-refractivity contribution in [1.82, 2.24) is 14.8 Å². The van der Waals surface area contributed by atoms with Gasteiger partial charge in [-0.2, -0.15) is 18.3 Å². The third-order valence-electron chi connectivity index (χ3n) is 5.87. The summed E-state index contributed by atoms with van der Waals surface area (Å²) in [7, 11) is 0. The molecular weight excluding hydrogens is 463 g/mol. The number of hydrogen-bond donors (Lipinski definition) is 2. The molecule has 12 heteroatoms. The molecule has 34 heavy (non-hydrogen) atoms. The summed E-state index contributed by atoms with van der Waals surface area (Å²) in [6, 6.07) is 5.07. The zero-order valence-electron chi connectivity index (χ0n) is 17.5. The zero-order valence-corrected chi connectivity index (χ0v) is 17.5. The van der Waals surface area contributed by atoms with Gasteiger partial charge in [-0.15, -0.1) is 0 Å². The van der Waals surface area contributed by atoms with Crippen molar-refractivity contribution in [2.75, 3.05) is 5.32 Å². The van der Waals surface area contributed by atoms with E-state index in [4.69, 9.17) is 5.11 Å². The molecule has 1 amide bonds. The number of carboxylic acids is 1. The lowest BCUT2D eigenvalue weighted by Gasteiger charge is -2.26. The molecule has 0 atom stereocenters. The van der Waals surface area contributed by atoms with Gasteiger partial charge in [-0.25, -0.2) is 13.8 Å². The van der Waals surface area contributed by atoms with Crippen molar-refractivity contribution >= 4 is 28.5 Å². The number of nitrogens with zero attached hydrogens (tertiary/aromatic N) is 3. The fraction of sp³-hybridized carbons (Fsp3) is 0.364. The van der Waals surface area contributed by atoms with E-state index in [2.05, 4.69) is 15.4 Å². The van der Waals surface area contributed by atoms with Gasteiger partial charge in [0.1, 0.15) is 11.4 Å². The van der Waals surface area contributed by atoms with E-state index in [1.807, 2.05) is 0 Å². The molecule has 1 aliphatic carbocycles. The predicted molar refractivity (Wildman–Crippen MR) is 111 cm³/mol. The molecule has 0 aliphatic heterocycles.